The Morgan fingerprint density at radius 3 is 2.50 bits per heavy atom. The van der Waals surface area contributed by atoms with E-state index < -0.39 is 0 Å². The molecule has 5 heteroatoms. The van der Waals surface area contributed by atoms with Gasteiger partial charge >= 0.3 is 0 Å². The third-order valence-electron chi connectivity index (χ3n) is 2.94. The molecule has 0 unspecified atom stereocenters. The van der Waals surface area contributed by atoms with Gasteiger partial charge in [-0.05, 0) is 44.2 Å². The number of phenols is 1. The Labute approximate surface area is 129 Å². The normalized spacial score (nSPS) is 10.4. The molecule has 0 aliphatic carbocycles. The van der Waals surface area contributed by atoms with Crippen molar-refractivity contribution < 1.29 is 19.4 Å². The molecule has 0 atom stereocenters. The van der Waals surface area contributed by atoms with Gasteiger partial charge in [0, 0.05) is 5.56 Å². The quantitative estimate of drug-likeness (QED) is 0.830. The van der Waals surface area contributed by atoms with Gasteiger partial charge in [0.1, 0.15) is 5.75 Å². The van der Waals surface area contributed by atoms with Crippen LogP contribution in [0.3, 0.4) is 0 Å². The Morgan fingerprint density at radius 2 is 1.86 bits per heavy atom. The second-order valence-electron chi connectivity index (χ2n) is 5.00. The van der Waals surface area contributed by atoms with Gasteiger partial charge in [0.25, 0.3) is 5.91 Å². The Hall–Kier alpha value is -2.69. The van der Waals surface area contributed by atoms with Crippen molar-refractivity contribution in [3.8, 4) is 17.2 Å². The van der Waals surface area contributed by atoms with E-state index in [4.69, 9.17) is 9.47 Å². The number of amides is 1. The van der Waals surface area contributed by atoms with E-state index in [0.717, 1.165) is 0 Å². The lowest BCUT2D eigenvalue weighted by Crippen LogP contribution is -2.13. The molecule has 0 heterocycles. The van der Waals surface area contributed by atoms with Gasteiger partial charge in [0.15, 0.2) is 11.5 Å². The van der Waals surface area contributed by atoms with Crippen LogP contribution in [0, 0.1) is 0 Å². The lowest BCUT2D eigenvalue weighted by molar-refractivity contribution is 0.102. The zero-order chi connectivity index (χ0) is 16.1. The van der Waals surface area contributed by atoms with Crippen LogP contribution in [0.15, 0.2) is 42.5 Å². The molecule has 22 heavy (non-hydrogen) atoms. The van der Waals surface area contributed by atoms with Gasteiger partial charge in [-0.2, -0.15) is 0 Å². The van der Waals surface area contributed by atoms with E-state index in [1.54, 1.807) is 36.4 Å². The summed E-state index contributed by atoms with van der Waals surface area (Å²) in [7, 11) is 1.52. The first-order valence-electron chi connectivity index (χ1n) is 6.95. The molecule has 2 aromatic carbocycles. The monoisotopic (exact) mass is 301 g/mol. The number of anilines is 1. The highest BCUT2D eigenvalue weighted by atomic mass is 16.5. The topological polar surface area (TPSA) is 67.8 Å². The molecular formula is C17H19NO4. The third kappa shape index (κ3) is 3.69. The van der Waals surface area contributed by atoms with Crippen molar-refractivity contribution >= 4 is 11.6 Å². The van der Waals surface area contributed by atoms with Crippen LogP contribution in [0.2, 0.25) is 0 Å². The number of rotatable bonds is 5. The fraction of sp³-hybridized carbons (Fsp3) is 0.235. The molecule has 1 amide bonds. The van der Waals surface area contributed by atoms with Gasteiger partial charge in [0.05, 0.1) is 18.9 Å². The van der Waals surface area contributed by atoms with Crippen molar-refractivity contribution in [2.24, 2.45) is 0 Å². The molecule has 0 bridgehead atoms. The summed E-state index contributed by atoms with van der Waals surface area (Å²) < 4.78 is 10.9. The highest BCUT2D eigenvalue weighted by molar-refractivity contribution is 6.05. The molecule has 0 aromatic heterocycles. The predicted molar refractivity (Wildman–Crippen MR) is 84.8 cm³/mol. The highest BCUT2D eigenvalue weighted by Gasteiger charge is 2.13. The van der Waals surface area contributed by atoms with Crippen molar-refractivity contribution in [2.45, 2.75) is 20.0 Å². The number of phenolic OH excluding ortho intramolecular Hbond substituents is 1. The second kappa shape index (κ2) is 6.85. The number of methoxy groups -OCH3 is 1. The second-order valence-corrected chi connectivity index (χ2v) is 5.00. The predicted octanol–water partition coefficient (Wildman–Crippen LogP) is 3.44. The molecule has 2 aromatic rings. The smallest absolute Gasteiger partial charge is 0.255 e. The number of nitrogens with one attached hydrogen (secondary N) is 1. The molecule has 0 fully saturated rings. The Kier molecular flexibility index (Phi) is 4.88. The molecule has 0 saturated carbocycles. The molecule has 0 aliphatic heterocycles. The summed E-state index contributed by atoms with van der Waals surface area (Å²) >= 11 is 0. The third-order valence-corrected chi connectivity index (χ3v) is 2.94. The molecule has 0 saturated heterocycles. The maximum Gasteiger partial charge on any atom is 0.255 e. The van der Waals surface area contributed by atoms with Gasteiger partial charge in [-0.3, -0.25) is 4.79 Å². The molecule has 2 N–H and O–H groups in total. The first kappa shape index (κ1) is 15.7. The molecule has 5 nitrogen and oxygen atoms in total. The van der Waals surface area contributed by atoms with E-state index in [0.29, 0.717) is 22.7 Å². The van der Waals surface area contributed by atoms with Crippen molar-refractivity contribution in [3.05, 3.63) is 48.0 Å². The number of aromatic hydroxyl groups is 1. The molecule has 2 rings (SSSR count). The van der Waals surface area contributed by atoms with Gasteiger partial charge in [0.2, 0.25) is 0 Å². The van der Waals surface area contributed by atoms with Crippen LogP contribution in [0.4, 0.5) is 5.69 Å². The van der Waals surface area contributed by atoms with Gasteiger partial charge < -0.3 is 19.9 Å². The van der Waals surface area contributed by atoms with E-state index in [1.807, 2.05) is 13.8 Å². The average Bonchev–Trinajstić information content (AvgIpc) is 2.49. The number of carbonyl (C=O) groups is 1. The number of benzene rings is 2. The summed E-state index contributed by atoms with van der Waals surface area (Å²) in [4.78, 5) is 12.2. The maximum atomic E-state index is 12.2. The lowest BCUT2D eigenvalue weighted by Gasteiger charge is -2.14. The minimum atomic E-state index is -0.337. The minimum Gasteiger partial charge on any atom is -0.506 e. The van der Waals surface area contributed by atoms with Gasteiger partial charge in [-0.1, -0.05) is 12.1 Å². The zero-order valence-corrected chi connectivity index (χ0v) is 12.8. The van der Waals surface area contributed by atoms with E-state index in [2.05, 4.69) is 5.32 Å². The summed E-state index contributed by atoms with van der Waals surface area (Å²) in [5, 5.41) is 12.3. The van der Waals surface area contributed by atoms with Gasteiger partial charge in [-0.15, -0.1) is 0 Å². The summed E-state index contributed by atoms with van der Waals surface area (Å²) in [5.74, 6) is 0.744. The van der Waals surface area contributed by atoms with E-state index in [-0.39, 0.29) is 17.8 Å². The number of para-hydroxylation sites is 2. The maximum absolute atomic E-state index is 12.2. The van der Waals surface area contributed by atoms with Crippen LogP contribution < -0.4 is 14.8 Å². The largest absolute Gasteiger partial charge is 0.506 e. The summed E-state index contributed by atoms with van der Waals surface area (Å²) in [6.07, 6.45) is 0.00911. The fourth-order valence-electron chi connectivity index (χ4n) is 1.93. The van der Waals surface area contributed by atoms with E-state index >= 15 is 0 Å². The number of ether oxygens (including phenoxy) is 2. The number of hydrogen-bond donors (Lipinski definition) is 2. The zero-order valence-electron chi connectivity index (χ0n) is 12.8. The fourth-order valence-corrected chi connectivity index (χ4v) is 1.93. The minimum absolute atomic E-state index is 0.00911. The van der Waals surface area contributed by atoms with Crippen molar-refractivity contribution in [1.82, 2.24) is 0 Å². The Bertz CT molecular complexity index is 667. The van der Waals surface area contributed by atoms with E-state index in [9.17, 15) is 9.90 Å². The van der Waals surface area contributed by atoms with Crippen molar-refractivity contribution in [2.75, 3.05) is 12.4 Å². The average molecular weight is 301 g/mol. The summed E-state index contributed by atoms with van der Waals surface area (Å²) in [6, 6.07) is 11.5. The van der Waals surface area contributed by atoms with E-state index in [1.165, 1.54) is 13.2 Å². The standard InChI is InChI=1S/C17H19NO4/c1-11(2)22-15-9-8-12(10-16(15)21-3)17(20)18-13-6-4-5-7-14(13)19/h4-11,19H,1-3H3,(H,18,20). The van der Waals surface area contributed by atoms with Crippen LogP contribution in [0.1, 0.15) is 24.2 Å². The number of hydrogen-bond acceptors (Lipinski definition) is 4. The van der Waals surface area contributed by atoms with Crippen LogP contribution in [-0.2, 0) is 0 Å². The molecular weight excluding hydrogens is 282 g/mol. The van der Waals surface area contributed by atoms with Crippen molar-refractivity contribution in [1.29, 1.82) is 0 Å². The van der Waals surface area contributed by atoms with Crippen molar-refractivity contribution in [3.63, 3.8) is 0 Å². The highest BCUT2D eigenvalue weighted by Crippen LogP contribution is 2.30. The number of carbonyl (C=O) groups excluding carboxylic acids is 1. The Balaban J connectivity index is 2.21. The summed E-state index contributed by atoms with van der Waals surface area (Å²) in [6.45, 7) is 3.83. The molecule has 0 spiro atoms. The summed E-state index contributed by atoms with van der Waals surface area (Å²) in [5.41, 5.74) is 0.769. The van der Waals surface area contributed by atoms with Crippen LogP contribution in [-0.4, -0.2) is 24.2 Å². The Morgan fingerprint density at radius 1 is 1.14 bits per heavy atom. The van der Waals surface area contributed by atoms with Crippen LogP contribution in [0.5, 0.6) is 17.2 Å². The first-order valence-corrected chi connectivity index (χ1v) is 6.95. The molecule has 0 aliphatic rings. The van der Waals surface area contributed by atoms with Crippen LogP contribution >= 0.6 is 0 Å². The van der Waals surface area contributed by atoms with Crippen LogP contribution in [0.25, 0.3) is 0 Å². The first-order chi connectivity index (χ1) is 10.5. The van der Waals surface area contributed by atoms with Gasteiger partial charge in [-0.25, -0.2) is 0 Å². The molecule has 0 radical (unpaired) electrons. The lowest BCUT2D eigenvalue weighted by atomic mass is 10.1. The SMILES string of the molecule is COc1cc(C(=O)Nc2ccccc2O)ccc1OC(C)C. The molecule has 116 valence electrons.